The topological polar surface area (TPSA) is 44.9 Å². The molecule has 28 heavy (non-hydrogen) atoms. The number of anilines is 1. The third-order valence-corrected chi connectivity index (χ3v) is 6.25. The van der Waals surface area contributed by atoms with Crippen molar-refractivity contribution in [2.75, 3.05) is 18.0 Å². The molecule has 0 bridgehead atoms. The van der Waals surface area contributed by atoms with Gasteiger partial charge in [-0.15, -0.1) is 0 Å². The van der Waals surface area contributed by atoms with E-state index >= 15 is 0 Å². The summed E-state index contributed by atoms with van der Waals surface area (Å²) in [6, 6.07) is 10.4. The maximum atomic E-state index is 8.98. The molecule has 0 saturated carbocycles. The Labute approximate surface area is 175 Å². The summed E-state index contributed by atoms with van der Waals surface area (Å²) in [7, 11) is 5.92. The van der Waals surface area contributed by atoms with E-state index in [1.54, 1.807) is 0 Å². The van der Waals surface area contributed by atoms with E-state index in [-0.39, 0.29) is 0 Å². The minimum Gasteiger partial charge on any atom is -0.371 e. The summed E-state index contributed by atoms with van der Waals surface area (Å²) in [5.74, 6) is 0.524. The molecule has 1 aliphatic heterocycles. The molecule has 0 spiro atoms. The first-order chi connectivity index (χ1) is 13.5. The average Bonchev–Trinajstić information content (AvgIpc) is 2.98. The molecule has 140 valence electrons. The van der Waals surface area contributed by atoms with Gasteiger partial charge in [-0.05, 0) is 66.2 Å². The van der Waals surface area contributed by atoms with Crippen molar-refractivity contribution in [1.29, 1.82) is 5.26 Å². The predicted octanol–water partition coefficient (Wildman–Crippen LogP) is 4.33. The molecule has 3 aromatic rings. The summed E-state index contributed by atoms with van der Waals surface area (Å²) >= 11 is 3.65. The molecular formula is C22H22BBrN4. The van der Waals surface area contributed by atoms with E-state index in [9.17, 15) is 0 Å². The number of fused-ring (bicyclic) bond motifs is 1. The smallest absolute Gasteiger partial charge is 0.147 e. The number of benzene rings is 1. The molecule has 3 heterocycles. The van der Waals surface area contributed by atoms with Gasteiger partial charge in [0.05, 0.1) is 11.8 Å². The minimum absolute atomic E-state index is 0.524. The van der Waals surface area contributed by atoms with Crippen LogP contribution in [0.5, 0.6) is 0 Å². The van der Waals surface area contributed by atoms with Crippen molar-refractivity contribution in [3.8, 4) is 11.8 Å². The van der Waals surface area contributed by atoms with E-state index in [1.807, 2.05) is 18.2 Å². The molecular weight excluding hydrogens is 411 g/mol. The fourth-order valence-corrected chi connectivity index (χ4v) is 4.76. The fraction of sp³-hybridized carbons (Fsp3) is 0.364. The summed E-state index contributed by atoms with van der Waals surface area (Å²) in [6.45, 7) is 6.17. The van der Waals surface area contributed by atoms with E-state index in [0.29, 0.717) is 12.3 Å². The van der Waals surface area contributed by atoms with Crippen molar-refractivity contribution in [1.82, 2.24) is 9.55 Å². The van der Waals surface area contributed by atoms with Gasteiger partial charge in [0, 0.05) is 46.9 Å². The summed E-state index contributed by atoms with van der Waals surface area (Å²) < 4.78 is 3.10. The number of nitrogens with zero attached hydrogens (tertiary/aromatic N) is 4. The Kier molecular flexibility index (Phi) is 5.20. The molecule has 1 saturated heterocycles. The number of pyridine rings is 1. The summed E-state index contributed by atoms with van der Waals surface area (Å²) in [6.07, 6.45) is 4.96. The molecule has 0 unspecified atom stereocenters. The van der Waals surface area contributed by atoms with Crippen LogP contribution in [-0.2, 0) is 0 Å². The van der Waals surface area contributed by atoms with Crippen LogP contribution < -0.4 is 10.4 Å². The standard InChI is InChI=1S/C22H22BBrN4/c1-14-13-28(19-4-3-17(23)12-18(19)24)22-21(14)20(11-15(2)26-22)27-9-6-16(5-8-25)7-10-27/h3-4,11-13,16H,5-7,9-10H2,1-2H3. The van der Waals surface area contributed by atoms with Crippen LogP contribution in [0.25, 0.3) is 16.7 Å². The highest BCUT2D eigenvalue weighted by atomic mass is 79.9. The zero-order chi connectivity index (χ0) is 19.8. The Morgan fingerprint density at radius 3 is 2.64 bits per heavy atom. The molecule has 0 atom stereocenters. The number of piperidine rings is 1. The number of rotatable bonds is 3. The highest BCUT2D eigenvalue weighted by molar-refractivity contribution is 9.10. The van der Waals surface area contributed by atoms with Crippen molar-refractivity contribution < 1.29 is 0 Å². The number of nitriles is 1. The molecule has 4 rings (SSSR count). The molecule has 1 fully saturated rings. The third kappa shape index (κ3) is 3.44. The largest absolute Gasteiger partial charge is 0.371 e. The molecule has 2 aromatic heterocycles. The molecule has 0 amide bonds. The Balaban J connectivity index is 1.80. The molecule has 6 heteroatoms. The Morgan fingerprint density at radius 2 is 1.96 bits per heavy atom. The number of aromatic nitrogens is 2. The fourth-order valence-electron chi connectivity index (χ4n) is 4.17. The predicted molar refractivity (Wildman–Crippen MR) is 119 cm³/mol. The third-order valence-electron chi connectivity index (χ3n) is 5.62. The van der Waals surface area contributed by atoms with E-state index in [0.717, 1.165) is 52.9 Å². The van der Waals surface area contributed by atoms with Gasteiger partial charge in [0.25, 0.3) is 0 Å². The lowest BCUT2D eigenvalue weighted by Gasteiger charge is -2.33. The lowest BCUT2D eigenvalue weighted by molar-refractivity contribution is 0.413. The normalized spacial score (nSPS) is 15.1. The summed E-state index contributed by atoms with van der Waals surface area (Å²) in [5, 5.41) is 10.2. The van der Waals surface area contributed by atoms with Gasteiger partial charge >= 0.3 is 0 Å². The van der Waals surface area contributed by atoms with Crippen LogP contribution in [0, 0.1) is 31.1 Å². The summed E-state index contributed by atoms with van der Waals surface area (Å²) in [5.41, 5.74) is 6.20. The zero-order valence-electron chi connectivity index (χ0n) is 16.2. The summed E-state index contributed by atoms with van der Waals surface area (Å²) in [4.78, 5) is 7.34. The molecule has 0 aliphatic carbocycles. The van der Waals surface area contributed by atoms with Crippen LogP contribution in [0.3, 0.4) is 0 Å². The van der Waals surface area contributed by atoms with Crippen LogP contribution in [0.2, 0.25) is 0 Å². The van der Waals surface area contributed by atoms with Gasteiger partial charge in [-0.25, -0.2) is 4.98 Å². The quantitative estimate of drug-likeness (QED) is 0.578. The second kappa shape index (κ2) is 7.64. The number of hydrogen-bond donors (Lipinski definition) is 0. The zero-order valence-corrected chi connectivity index (χ0v) is 17.8. The van der Waals surface area contributed by atoms with E-state index in [1.165, 1.54) is 16.6 Å². The Bertz CT molecular complexity index is 1070. The van der Waals surface area contributed by atoms with Crippen molar-refractivity contribution in [2.45, 2.75) is 33.1 Å². The van der Waals surface area contributed by atoms with Crippen molar-refractivity contribution in [3.05, 3.63) is 46.2 Å². The highest BCUT2D eigenvalue weighted by Gasteiger charge is 2.23. The maximum absolute atomic E-state index is 8.98. The van der Waals surface area contributed by atoms with Crippen LogP contribution in [-0.4, -0.2) is 30.5 Å². The maximum Gasteiger partial charge on any atom is 0.147 e. The minimum atomic E-state index is 0.524. The van der Waals surface area contributed by atoms with Gasteiger partial charge in [-0.1, -0.05) is 17.6 Å². The Hall–Kier alpha value is -2.26. The average molecular weight is 433 g/mol. The lowest BCUT2D eigenvalue weighted by Crippen LogP contribution is -2.33. The van der Waals surface area contributed by atoms with Gasteiger partial charge in [0.15, 0.2) is 0 Å². The van der Waals surface area contributed by atoms with Crippen LogP contribution >= 0.6 is 15.9 Å². The number of halogens is 1. The van der Waals surface area contributed by atoms with Crippen molar-refractivity contribution >= 4 is 46.0 Å². The molecule has 1 aliphatic rings. The van der Waals surface area contributed by atoms with Crippen LogP contribution in [0.4, 0.5) is 5.69 Å². The molecule has 1 aromatic carbocycles. The van der Waals surface area contributed by atoms with Gasteiger partial charge < -0.3 is 4.90 Å². The van der Waals surface area contributed by atoms with Gasteiger partial charge in [0.1, 0.15) is 13.5 Å². The van der Waals surface area contributed by atoms with Gasteiger partial charge in [-0.2, -0.15) is 5.26 Å². The number of aryl methyl sites for hydroxylation is 2. The van der Waals surface area contributed by atoms with Crippen LogP contribution in [0.15, 0.2) is 34.9 Å². The molecule has 4 nitrogen and oxygen atoms in total. The lowest BCUT2D eigenvalue weighted by atomic mass is 9.93. The van der Waals surface area contributed by atoms with Crippen molar-refractivity contribution in [3.63, 3.8) is 0 Å². The first-order valence-corrected chi connectivity index (χ1v) is 10.4. The van der Waals surface area contributed by atoms with Crippen LogP contribution in [0.1, 0.15) is 30.5 Å². The monoisotopic (exact) mass is 432 g/mol. The molecule has 0 N–H and O–H groups in total. The van der Waals surface area contributed by atoms with E-state index in [4.69, 9.17) is 18.1 Å². The van der Waals surface area contributed by atoms with Crippen molar-refractivity contribution in [2.24, 2.45) is 5.92 Å². The highest BCUT2D eigenvalue weighted by Crippen LogP contribution is 2.36. The second-order valence-corrected chi connectivity index (χ2v) is 8.52. The SMILES string of the molecule is [B]c1ccc(-n2cc(C)c3c(N4CCC(CC#N)CC4)cc(C)nc32)c(Br)c1. The van der Waals surface area contributed by atoms with Gasteiger partial charge in [-0.3, -0.25) is 4.57 Å². The van der Waals surface area contributed by atoms with E-state index < -0.39 is 0 Å². The first-order valence-electron chi connectivity index (χ1n) is 9.64. The Morgan fingerprint density at radius 1 is 1.21 bits per heavy atom. The first kappa shape index (κ1) is 19.1. The second-order valence-electron chi connectivity index (χ2n) is 7.67. The number of hydrogen-bond acceptors (Lipinski definition) is 3. The molecule has 2 radical (unpaired) electrons. The van der Waals surface area contributed by atoms with Gasteiger partial charge in [0.2, 0.25) is 0 Å². The van der Waals surface area contributed by atoms with E-state index in [2.05, 4.69) is 57.6 Å².